The van der Waals surface area contributed by atoms with Crippen LogP contribution in [-0.4, -0.2) is 4.75 Å². The smallest absolute Gasteiger partial charge is 0.133 e. The fraction of sp³-hybridized carbons (Fsp3) is 0.833. The molecule has 0 aromatic rings. The van der Waals surface area contributed by atoms with E-state index in [2.05, 4.69) is 26.2 Å². The maximum Gasteiger partial charge on any atom is 0.133 e. The molecule has 0 aliphatic rings. The van der Waals surface area contributed by atoms with Crippen LogP contribution < -0.4 is 0 Å². The molecule has 2 heteroatoms. The van der Waals surface area contributed by atoms with E-state index < -0.39 is 0 Å². The van der Waals surface area contributed by atoms with Crippen LogP contribution in [0.2, 0.25) is 0 Å². The first-order valence-corrected chi connectivity index (χ1v) is 3.51. The van der Waals surface area contributed by atoms with Crippen molar-refractivity contribution in [3.63, 3.8) is 0 Å². The van der Waals surface area contributed by atoms with Crippen LogP contribution in [0.3, 0.4) is 0 Å². The van der Waals surface area contributed by atoms with Crippen molar-refractivity contribution in [2.75, 3.05) is 0 Å². The summed E-state index contributed by atoms with van der Waals surface area (Å²) in [6, 6.07) is 0. The van der Waals surface area contributed by atoms with Gasteiger partial charge in [-0.3, -0.25) is 0 Å². The third kappa shape index (κ3) is 2.92. The standard InChI is InChI=1S/C6H11NS/c1-4-6(2,3)8-5-7/h4H2,1-3H3. The number of hydrogen-bond donors (Lipinski definition) is 0. The lowest BCUT2D eigenvalue weighted by atomic mass is 10.1. The molecule has 0 bridgehead atoms. The van der Waals surface area contributed by atoms with Crippen LogP contribution >= 0.6 is 11.8 Å². The summed E-state index contributed by atoms with van der Waals surface area (Å²) in [5, 5.41) is 10.3. The summed E-state index contributed by atoms with van der Waals surface area (Å²) in [5.41, 5.74) is 0. The normalized spacial score (nSPS) is 10.8. The molecule has 0 saturated heterocycles. The van der Waals surface area contributed by atoms with Crippen molar-refractivity contribution in [2.24, 2.45) is 0 Å². The summed E-state index contributed by atoms with van der Waals surface area (Å²) < 4.78 is 0.148. The highest BCUT2D eigenvalue weighted by Gasteiger charge is 2.14. The van der Waals surface area contributed by atoms with Gasteiger partial charge in [-0.05, 0) is 32.0 Å². The average Bonchev–Trinajstić information content (AvgIpc) is 1.67. The van der Waals surface area contributed by atoms with E-state index in [4.69, 9.17) is 5.26 Å². The minimum Gasteiger partial charge on any atom is -0.185 e. The molecule has 0 aliphatic heterocycles. The summed E-state index contributed by atoms with van der Waals surface area (Å²) in [5.74, 6) is 0. The Bertz CT molecular complexity index is 102. The van der Waals surface area contributed by atoms with Crippen LogP contribution in [0.25, 0.3) is 0 Å². The van der Waals surface area contributed by atoms with Crippen LogP contribution in [0.1, 0.15) is 27.2 Å². The maximum atomic E-state index is 8.25. The fourth-order valence-corrected chi connectivity index (χ4v) is 0.587. The summed E-state index contributed by atoms with van der Waals surface area (Å²) in [6.07, 6.45) is 1.05. The second-order valence-electron chi connectivity index (χ2n) is 2.31. The third-order valence-corrected chi connectivity index (χ3v) is 2.11. The van der Waals surface area contributed by atoms with E-state index in [1.165, 1.54) is 11.8 Å². The van der Waals surface area contributed by atoms with Gasteiger partial charge in [-0.1, -0.05) is 6.92 Å². The van der Waals surface area contributed by atoms with Gasteiger partial charge in [0.1, 0.15) is 5.40 Å². The van der Waals surface area contributed by atoms with Crippen LogP contribution in [0, 0.1) is 10.7 Å². The van der Waals surface area contributed by atoms with Crippen molar-refractivity contribution in [2.45, 2.75) is 31.9 Å². The Kier molecular flexibility index (Phi) is 2.93. The molecule has 0 N–H and O–H groups in total. The SMILES string of the molecule is CCC(C)(C)SC#N. The monoisotopic (exact) mass is 129 g/mol. The van der Waals surface area contributed by atoms with Gasteiger partial charge in [0.25, 0.3) is 0 Å². The lowest BCUT2D eigenvalue weighted by Crippen LogP contribution is -2.10. The second-order valence-corrected chi connectivity index (χ2v) is 3.80. The molecule has 0 heterocycles. The van der Waals surface area contributed by atoms with E-state index >= 15 is 0 Å². The molecular weight excluding hydrogens is 118 g/mol. The minimum atomic E-state index is 0.148. The quantitative estimate of drug-likeness (QED) is 0.534. The molecular formula is C6H11NS. The molecule has 0 aromatic carbocycles. The van der Waals surface area contributed by atoms with Crippen molar-refractivity contribution in [1.29, 1.82) is 5.26 Å². The lowest BCUT2D eigenvalue weighted by molar-refractivity contribution is 0.688. The molecule has 46 valence electrons. The first kappa shape index (κ1) is 7.84. The molecule has 0 rings (SSSR count). The van der Waals surface area contributed by atoms with Crippen molar-refractivity contribution in [3.05, 3.63) is 0 Å². The van der Waals surface area contributed by atoms with Gasteiger partial charge in [0.2, 0.25) is 0 Å². The summed E-state index contributed by atoms with van der Waals surface area (Å²) in [7, 11) is 0. The molecule has 0 radical (unpaired) electrons. The first-order chi connectivity index (χ1) is 3.62. The number of hydrogen-bond acceptors (Lipinski definition) is 2. The van der Waals surface area contributed by atoms with E-state index in [1.54, 1.807) is 0 Å². The molecule has 0 atom stereocenters. The van der Waals surface area contributed by atoms with E-state index in [1.807, 2.05) is 0 Å². The van der Waals surface area contributed by atoms with E-state index in [9.17, 15) is 0 Å². The van der Waals surface area contributed by atoms with E-state index in [0.717, 1.165) is 6.42 Å². The highest BCUT2D eigenvalue weighted by molar-refractivity contribution is 8.04. The zero-order valence-electron chi connectivity index (χ0n) is 5.56. The van der Waals surface area contributed by atoms with Gasteiger partial charge in [0, 0.05) is 4.75 Å². The third-order valence-electron chi connectivity index (χ3n) is 1.17. The number of nitriles is 1. The first-order valence-electron chi connectivity index (χ1n) is 2.69. The predicted molar refractivity (Wildman–Crippen MR) is 37.6 cm³/mol. The van der Waals surface area contributed by atoms with Crippen LogP contribution in [0.4, 0.5) is 0 Å². The minimum absolute atomic E-state index is 0.148. The molecule has 8 heavy (non-hydrogen) atoms. The highest BCUT2D eigenvalue weighted by Crippen LogP contribution is 2.25. The van der Waals surface area contributed by atoms with E-state index in [-0.39, 0.29) is 4.75 Å². The Balaban J connectivity index is 3.58. The number of nitrogens with zero attached hydrogens (tertiary/aromatic N) is 1. The maximum absolute atomic E-state index is 8.25. The Hall–Kier alpha value is -0.160. The number of thioether (sulfide) groups is 1. The van der Waals surface area contributed by atoms with Gasteiger partial charge >= 0.3 is 0 Å². The van der Waals surface area contributed by atoms with Crippen molar-refractivity contribution >= 4 is 11.8 Å². The molecule has 0 fully saturated rings. The van der Waals surface area contributed by atoms with Crippen LogP contribution in [0.15, 0.2) is 0 Å². The number of thiocyanates is 1. The van der Waals surface area contributed by atoms with Gasteiger partial charge in [-0.25, -0.2) is 0 Å². The fourth-order valence-electron chi connectivity index (χ4n) is 0.196. The zero-order valence-corrected chi connectivity index (χ0v) is 6.38. The van der Waals surface area contributed by atoms with Crippen molar-refractivity contribution < 1.29 is 0 Å². The largest absolute Gasteiger partial charge is 0.185 e. The topological polar surface area (TPSA) is 23.8 Å². The zero-order chi connectivity index (χ0) is 6.62. The van der Waals surface area contributed by atoms with Gasteiger partial charge < -0.3 is 0 Å². The van der Waals surface area contributed by atoms with Crippen molar-refractivity contribution in [1.82, 2.24) is 0 Å². The van der Waals surface area contributed by atoms with E-state index in [0.29, 0.717) is 0 Å². The summed E-state index contributed by atoms with van der Waals surface area (Å²) >= 11 is 1.34. The van der Waals surface area contributed by atoms with Crippen molar-refractivity contribution in [3.8, 4) is 5.40 Å². The Morgan fingerprint density at radius 2 is 2.12 bits per heavy atom. The van der Waals surface area contributed by atoms with Gasteiger partial charge in [0.05, 0.1) is 0 Å². The Labute approximate surface area is 55.1 Å². The molecule has 0 unspecified atom stereocenters. The molecule has 0 aliphatic carbocycles. The van der Waals surface area contributed by atoms with Gasteiger partial charge in [0.15, 0.2) is 0 Å². The van der Waals surface area contributed by atoms with Gasteiger partial charge in [-0.15, -0.1) is 0 Å². The Morgan fingerprint density at radius 3 is 2.25 bits per heavy atom. The highest BCUT2D eigenvalue weighted by atomic mass is 32.2. The Morgan fingerprint density at radius 1 is 1.62 bits per heavy atom. The number of rotatable bonds is 2. The predicted octanol–water partition coefficient (Wildman–Crippen LogP) is 2.39. The summed E-state index contributed by atoms with van der Waals surface area (Å²) in [6.45, 7) is 6.23. The summed E-state index contributed by atoms with van der Waals surface area (Å²) in [4.78, 5) is 0. The average molecular weight is 129 g/mol. The second kappa shape index (κ2) is 2.99. The molecule has 0 aromatic heterocycles. The molecule has 1 nitrogen and oxygen atoms in total. The molecule has 0 spiro atoms. The molecule has 0 saturated carbocycles. The van der Waals surface area contributed by atoms with Crippen LogP contribution in [-0.2, 0) is 0 Å². The van der Waals surface area contributed by atoms with Crippen LogP contribution in [0.5, 0.6) is 0 Å². The lowest BCUT2D eigenvalue weighted by Gasteiger charge is -2.15. The van der Waals surface area contributed by atoms with Gasteiger partial charge in [-0.2, -0.15) is 5.26 Å². The molecule has 0 amide bonds.